The molecule has 2 aromatic rings. The molecule has 1 aromatic heterocycles. The molecule has 116 valence electrons. The third-order valence-electron chi connectivity index (χ3n) is 3.75. The number of nitrogens with zero attached hydrogens (tertiary/aromatic N) is 3. The summed E-state index contributed by atoms with van der Waals surface area (Å²) in [4.78, 5) is 18.7. The Balaban J connectivity index is 1.85. The molecule has 1 atom stereocenters. The molecule has 0 spiro atoms. The van der Waals surface area contributed by atoms with Gasteiger partial charge in [-0.25, -0.2) is 4.98 Å². The van der Waals surface area contributed by atoms with Gasteiger partial charge in [-0.05, 0) is 39.0 Å². The van der Waals surface area contributed by atoms with Crippen LogP contribution in [-0.4, -0.2) is 45.2 Å². The summed E-state index contributed by atoms with van der Waals surface area (Å²) in [6.07, 6.45) is 5.36. The summed E-state index contributed by atoms with van der Waals surface area (Å²) in [6.45, 7) is 7.27. The first-order valence-electron chi connectivity index (χ1n) is 7.50. The summed E-state index contributed by atoms with van der Waals surface area (Å²) < 4.78 is 7.76. The second kappa shape index (κ2) is 5.57. The smallest absolute Gasteiger partial charge is 0.254 e. The Morgan fingerprint density at radius 2 is 2.23 bits per heavy atom. The van der Waals surface area contributed by atoms with Crippen molar-refractivity contribution in [2.45, 2.75) is 32.5 Å². The standard InChI is InChI=1S/C17H21N3O2/c1-13-10-20(11-17(2,3)22-13)16(21)14-5-4-6-15(9-14)19-8-7-18-12-19/h4-9,12-13H,10-11H2,1-3H3/t13-/m0/s1. The second-order valence-electron chi connectivity index (χ2n) is 6.39. The maximum Gasteiger partial charge on any atom is 0.254 e. The van der Waals surface area contributed by atoms with Gasteiger partial charge in [-0.3, -0.25) is 4.79 Å². The molecule has 2 heterocycles. The number of benzene rings is 1. The SMILES string of the molecule is C[C@H]1CN(C(=O)c2cccc(-n3ccnc3)c2)CC(C)(C)O1. The minimum Gasteiger partial charge on any atom is -0.369 e. The molecule has 0 radical (unpaired) electrons. The van der Waals surface area contributed by atoms with Crippen LogP contribution in [0.4, 0.5) is 0 Å². The van der Waals surface area contributed by atoms with Crippen LogP contribution in [0.15, 0.2) is 43.0 Å². The normalized spacial score (nSPS) is 20.9. The van der Waals surface area contributed by atoms with Crippen LogP contribution < -0.4 is 0 Å². The largest absolute Gasteiger partial charge is 0.369 e. The van der Waals surface area contributed by atoms with Crippen LogP contribution in [0, 0.1) is 0 Å². The topological polar surface area (TPSA) is 47.4 Å². The molecule has 1 saturated heterocycles. The van der Waals surface area contributed by atoms with E-state index in [1.807, 2.05) is 60.7 Å². The van der Waals surface area contributed by atoms with Crippen LogP contribution >= 0.6 is 0 Å². The zero-order valence-corrected chi connectivity index (χ0v) is 13.2. The molecular weight excluding hydrogens is 278 g/mol. The predicted octanol–water partition coefficient (Wildman–Crippen LogP) is 2.51. The lowest BCUT2D eigenvalue weighted by atomic mass is 10.0. The number of imidazole rings is 1. The molecule has 1 aliphatic rings. The third kappa shape index (κ3) is 3.04. The van der Waals surface area contributed by atoms with E-state index in [2.05, 4.69) is 4.98 Å². The number of rotatable bonds is 2. The molecule has 0 unspecified atom stereocenters. The fourth-order valence-corrected chi connectivity index (χ4v) is 3.00. The van der Waals surface area contributed by atoms with E-state index in [9.17, 15) is 4.79 Å². The van der Waals surface area contributed by atoms with Crippen molar-refractivity contribution < 1.29 is 9.53 Å². The molecule has 0 N–H and O–H groups in total. The Morgan fingerprint density at radius 1 is 1.41 bits per heavy atom. The van der Waals surface area contributed by atoms with Crippen LogP contribution in [0.25, 0.3) is 5.69 Å². The van der Waals surface area contributed by atoms with E-state index >= 15 is 0 Å². The molecule has 0 bridgehead atoms. The lowest BCUT2D eigenvalue weighted by molar-refractivity contribution is -0.118. The Kier molecular flexibility index (Phi) is 3.74. The van der Waals surface area contributed by atoms with E-state index in [4.69, 9.17) is 4.74 Å². The average molecular weight is 299 g/mol. The summed E-state index contributed by atoms with van der Waals surface area (Å²) in [5.74, 6) is 0.0465. The Bertz CT molecular complexity index is 664. The van der Waals surface area contributed by atoms with E-state index in [0.717, 1.165) is 5.69 Å². The highest BCUT2D eigenvalue weighted by molar-refractivity contribution is 5.95. The van der Waals surface area contributed by atoms with Crippen molar-refractivity contribution in [1.82, 2.24) is 14.5 Å². The van der Waals surface area contributed by atoms with Crippen molar-refractivity contribution >= 4 is 5.91 Å². The van der Waals surface area contributed by atoms with Crippen LogP contribution in [0.5, 0.6) is 0 Å². The molecule has 22 heavy (non-hydrogen) atoms. The number of morpholine rings is 1. The van der Waals surface area contributed by atoms with Gasteiger partial charge in [0.25, 0.3) is 5.91 Å². The first-order chi connectivity index (χ1) is 10.4. The lowest BCUT2D eigenvalue weighted by Crippen LogP contribution is -2.53. The number of ether oxygens (including phenoxy) is 1. The number of hydrogen-bond acceptors (Lipinski definition) is 3. The lowest BCUT2D eigenvalue weighted by Gasteiger charge is -2.41. The first-order valence-corrected chi connectivity index (χ1v) is 7.50. The highest BCUT2D eigenvalue weighted by atomic mass is 16.5. The van der Waals surface area contributed by atoms with Crippen molar-refractivity contribution in [3.63, 3.8) is 0 Å². The van der Waals surface area contributed by atoms with Gasteiger partial charge in [0.05, 0.1) is 18.0 Å². The number of amides is 1. The average Bonchev–Trinajstić information content (AvgIpc) is 2.98. The monoisotopic (exact) mass is 299 g/mol. The molecular formula is C17H21N3O2. The second-order valence-corrected chi connectivity index (χ2v) is 6.39. The number of carbonyl (C=O) groups is 1. The Hall–Kier alpha value is -2.14. The molecule has 1 aromatic carbocycles. The van der Waals surface area contributed by atoms with Gasteiger partial charge >= 0.3 is 0 Å². The van der Waals surface area contributed by atoms with Crippen molar-refractivity contribution in [1.29, 1.82) is 0 Å². The predicted molar refractivity (Wildman–Crippen MR) is 84.1 cm³/mol. The number of carbonyl (C=O) groups excluding carboxylic acids is 1. The van der Waals surface area contributed by atoms with Crippen molar-refractivity contribution in [3.8, 4) is 5.69 Å². The maximum atomic E-state index is 12.8. The minimum absolute atomic E-state index is 0.0459. The third-order valence-corrected chi connectivity index (χ3v) is 3.75. The minimum atomic E-state index is -0.310. The van der Waals surface area contributed by atoms with Crippen LogP contribution in [0.1, 0.15) is 31.1 Å². The molecule has 1 aliphatic heterocycles. The van der Waals surface area contributed by atoms with Gasteiger partial charge in [0.15, 0.2) is 0 Å². The maximum absolute atomic E-state index is 12.8. The van der Waals surface area contributed by atoms with E-state index in [1.165, 1.54) is 0 Å². The molecule has 3 rings (SSSR count). The number of aromatic nitrogens is 2. The van der Waals surface area contributed by atoms with Crippen LogP contribution in [0.3, 0.4) is 0 Å². The van der Waals surface area contributed by atoms with Gasteiger partial charge in [-0.2, -0.15) is 0 Å². The number of hydrogen-bond donors (Lipinski definition) is 0. The van der Waals surface area contributed by atoms with Gasteiger partial charge in [0, 0.05) is 36.7 Å². The summed E-state index contributed by atoms with van der Waals surface area (Å²) >= 11 is 0. The molecule has 5 nitrogen and oxygen atoms in total. The van der Waals surface area contributed by atoms with Crippen molar-refractivity contribution in [2.24, 2.45) is 0 Å². The Morgan fingerprint density at radius 3 is 2.91 bits per heavy atom. The van der Waals surface area contributed by atoms with Crippen LogP contribution in [-0.2, 0) is 4.74 Å². The van der Waals surface area contributed by atoms with Gasteiger partial charge in [0.2, 0.25) is 0 Å². The summed E-state index contributed by atoms with van der Waals surface area (Å²) in [5.41, 5.74) is 1.31. The first kappa shape index (κ1) is 14.8. The quantitative estimate of drug-likeness (QED) is 0.856. The summed E-state index contributed by atoms with van der Waals surface area (Å²) in [5, 5.41) is 0. The van der Waals surface area contributed by atoms with Crippen molar-refractivity contribution in [2.75, 3.05) is 13.1 Å². The van der Waals surface area contributed by atoms with E-state index in [0.29, 0.717) is 18.7 Å². The Labute approximate surface area is 130 Å². The van der Waals surface area contributed by atoms with E-state index in [-0.39, 0.29) is 17.6 Å². The summed E-state index contributed by atoms with van der Waals surface area (Å²) in [6, 6.07) is 7.62. The highest BCUT2D eigenvalue weighted by Gasteiger charge is 2.34. The van der Waals surface area contributed by atoms with Gasteiger partial charge in [-0.1, -0.05) is 6.07 Å². The molecule has 1 fully saturated rings. The summed E-state index contributed by atoms with van der Waals surface area (Å²) in [7, 11) is 0. The molecule has 5 heteroatoms. The van der Waals surface area contributed by atoms with Gasteiger partial charge < -0.3 is 14.2 Å². The molecule has 1 amide bonds. The highest BCUT2D eigenvalue weighted by Crippen LogP contribution is 2.23. The zero-order chi connectivity index (χ0) is 15.7. The van der Waals surface area contributed by atoms with E-state index < -0.39 is 0 Å². The van der Waals surface area contributed by atoms with Crippen molar-refractivity contribution in [3.05, 3.63) is 48.5 Å². The molecule has 0 aliphatic carbocycles. The van der Waals surface area contributed by atoms with Gasteiger partial charge in [-0.15, -0.1) is 0 Å². The van der Waals surface area contributed by atoms with Crippen LogP contribution in [0.2, 0.25) is 0 Å². The molecule has 0 saturated carbocycles. The fourth-order valence-electron chi connectivity index (χ4n) is 3.00. The fraction of sp³-hybridized carbons (Fsp3) is 0.412. The van der Waals surface area contributed by atoms with E-state index in [1.54, 1.807) is 12.5 Å². The van der Waals surface area contributed by atoms with Gasteiger partial charge in [0.1, 0.15) is 0 Å². The zero-order valence-electron chi connectivity index (χ0n) is 13.2.